The number of furan rings is 1. The van der Waals surface area contributed by atoms with Crippen LogP contribution in [0.4, 0.5) is 8.78 Å². The lowest BCUT2D eigenvalue weighted by molar-refractivity contribution is 0.0690. The molecule has 2 heterocycles. The Labute approximate surface area is 237 Å². The second kappa shape index (κ2) is 11.7. The third-order valence-electron chi connectivity index (χ3n) is 6.09. The van der Waals surface area contributed by atoms with Crippen LogP contribution in [0.2, 0.25) is 10.0 Å². The molecule has 200 valence electrons. The lowest BCUT2D eigenvalue weighted by atomic mass is 10.1. The molecule has 5 rings (SSSR count). The lowest BCUT2D eigenvalue weighted by Crippen LogP contribution is -2.31. The number of nitriles is 1. The second-order valence-electron chi connectivity index (χ2n) is 8.90. The molecule has 11 heteroatoms. The minimum absolute atomic E-state index is 0.00762. The van der Waals surface area contributed by atoms with Gasteiger partial charge >= 0.3 is 0 Å². The van der Waals surface area contributed by atoms with Crippen LogP contribution >= 0.6 is 23.2 Å². The molecule has 0 fully saturated rings. The Morgan fingerprint density at radius 3 is 2.42 bits per heavy atom. The molecular formula is C29H19Cl2F2N5O2. The van der Waals surface area contributed by atoms with Gasteiger partial charge in [0.05, 0.1) is 24.7 Å². The molecule has 0 aliphatic rings. The van der Waals surface area contributed by atoms with Gasteiger partial charge in [0.25, 0.3) is 5.91 Å². The molecular weight excluding hydrogens is 559 g/mol. The average molecular weight is 578 g/mol. The summed E-state index contributed by atoms with van der Waals surface area (Å²) in [5, 5.41) is 18.0. The summed E-state index contributed by atoms with van der Waals surface area (Å²) in [6.07, 6.45) is 1.52. The molecule has 2 aromatic heterocycles. The van der Waals surface area contributed by atoms with Crippen molar-refractivity contribution in [2.75, 3.05) is 0 Å². The molecule has 0 aliphatic carbocycles. The summed E-state index contributed by atoms with van der Waals surface area (Å²) in [6, 6.07) is 20.3. The van der Waals surface area contributed by atoms with Crippen molar-refractivity contribution in [3.8, 4) is 17.4 Å². The molecule has 0 bridgehead atoms. The number of hydrogen-bond donors (Lipinski definition) is 0. The van der Waals surface area contributed by atoms with Crippen molar-refractivity contribution < 1.29 is 18.0 Å². The highest BCUT2D eigenvalue weighted by atomic mass is 35.5. The zero-order chi connectivity index (χ0) is 28.2. The van der Waals surface area contributed by atoms with Gasteiger partial charge in [-0.05, 0) is 54.1 Å². The summed E-state index contributed by atoms with van der Waals surface area (Å²) in [4.78, 5) is 15.0. The van der Waals surface area contributed by atoms with Crippen molar-refractivity contribution >= 4 is 29.1 Å². The summed E-state index contributed by atoms with van der Waals surface area (Å²) < 4.78 is 35.7. The van der Waals surface area contributed by atoms with E-state index in [0.29, 0.717) is 39.3 Å². The van der Waals surface area contributed by atoms with Crippen molar-refractivity contribution in [2.45, 2.75) is 19.6 Å². The van der Waals surface area contributed by atoms with E-state index in [1.165, 1.54) is 23.4 Å². The molecule has 3 aromatic carbocycles. The summed E-state index contributed by atoms with van der Waals surface area (Å²) in [6.45, 7) is 0.139. The highest BCUT2D eigenvalue weighted by Crippen LogP contribution is 2.29. The molecule has 40 heavy (non-hydrogen) atoms. The largest absolute Gasteiger partial charge is 0.451 e. The monoisotopic (exact) mass is 577 g/mol. The molecule has 5 aromatic rings. The smallest absolute Gasteiger partial charge is 0.290 e. The highest BCUT2D eigenvalue weighted by Gasteiger charge is 2.24. The van der Waals surface area contributed by atoms with E-state index in [0.717, 1.165) is 17.7 Å². The highest BCUT2D eigenvalue weighted by molar-refractivity contribution is 6.35. The third kappa shape index (κ3) is 6.20. The van der Waals surface area contributed by atoms with Gasteiger partial charge in [-0.3, -0.25) is 4.79 Å². The summed E-state index contributed by atoms with van der Waals surface area (Å²) in [5.41, 5.74) is 2.11. The number of hydrogen-bond acceptors (Lipinski definition) is 5. The van der Waals surface area contributed by atoms with Crippen LogP contribution in [-0.4, -0.2) is 25.6 Å². The SMILES string of the molecule is N#Cc1ccc(Cn2cnnc2CN(Cc2ccc(F)cc2F)C(=O)c2ccc(-c3cc(Cl)cc(Cl)c3)o2)cc1. The molecule has 0 saturated carbocycles. The Kier molecular flexibility index (Phi) is 7.91. The van der Waals surface area contributed by atoms with Crippen LogP contribution in [0.25, 0.3) is 11.3 Å². The number of benzene rings is 3. The Bertz CT molecular complexity index is 1710. The molecule has 1 amide bonds. The van der Waals surface area contributed by atoms with Gasteiger partial charge in [0.1, 0.15) is 23.7 Å². The van der Waals surface area contributed by atoms with Gasteiger partial charge in [-0.15, -0.1) is 10.2 Å². The molecule has 0 saturated heterocycles. The first kappa shape index (κ1) is 27.1. The Morgan fingerprint density at radius 1 is 0.975 bits per heavy atom. The predicted molar refractivity (Wildman–Crippen MR) is 144 cm³/mol. The van der Waals surface area contributed by atoms with Gasteiger partial charge < -0.3 is 13.9 Å². The van der Waals surface area contributed by atoms with E-state index in [4.69, 9.17) is 32.9 Å². The Morgan fingerprint density at radius 2 is 1.73 bits per heavy atom. The summed E-state index contributed by atoms with van der Waals surface area (Å²) in [7, 11) is 0. The third-order valence-corrected chi connectivity index (χ3v) is 6.53. The van der Waals surface area contributed by atoms with E-state index < -0.39 is 17.5 Å². The molecule has 0 atom stereocenters. The van der Waals surface area contributed by atoms with E-state index in [1.807, 2.05) is 12.1 Å². The molecule has 0 unspecified atom stereocenters. The summed E-state index contributed by atoms with van der Waals surface area (Å²) >= 11 is 12.2. The maximum atomic E-state index is 14.6. The Hall–Kier alpha value is -4.52. The van der Waals surface area contributed by atoms with Gasteiger partial charge in [0, 0.05) is 33.8 Å². The average Bonchev–Trinajstić information content (AvgIpc) is 3.59. The fourth-order valence-electron chi connectivity index (χ4n) is 4.10. The number of rotatable bonds is 8. The number of carbonyl (C=O) groups is 1. The molecule has 7 nitrogen and oxygen atoms in total. The number of nitrogens with zero attached hydrogens (tertiary/aromatic N) is 5. The van der Waals surface area contributed by atoms with E-state index in [1.54, 1.807) is 41.0 Å². The molecule has 0 N–H and O–H groups in total. The standard InChI is InChI=1S/C29H19Cl2F2N5O2/c30-22-9-21(10-23(31)11-22)26-7-8-27(40-26)29(39)37(15-20-5-6-24(32)12-25(20)33)16-28-36-35-17-38(28)14-19-3-1-18(13-34)2-4-19/h1-12,17H,14-16H2. The topological polar surface area (TPSA) is 88.0 Å². The van der Waals surface area contributed by atoms with Crippen molar-refractivity contribution in [1.29, 1.82) is 5.26 Å². The summed E-state index contributed by atoms with van der Waals surface area (Å²) in [5.74, 6) is -1.27. The minimum atomic E-state index is -0.787. The lowest BCUT2D eigenvalue weighted by Gasteiger charge is -2.22. The van der Waals surface area contributed by atoms with Crippen LogP contribution in [0.5, 0.6) is 0 Å². The van der Waals surface area contributed by atoms with Crippen molar-refractivity contribution in [2.24, 2.45) is 0 Å². The molecule has 0 aliphatic heterocycles. The van der Waals surface area contributed by atoms with Crippen molar-refractivity contribution in [3.63, 3.8) is 0 Å². The van der Waals surface area contributed by atoms with Crippen LogP contribution in [0, 0.1) is 23.0 Å². The first-order valence-corrected chi connectivity index (χ1v) is 12.7. The zero-order valence-electron chi connectivity index (χ0n) is 20.7. The fourth-order valence-corrected chi connectivity index (χ4v) is 4.63. The minimum Gasteiger partial charge on any atom is -0.451 e. The van der Waals surface area contributed by atoms with Gasteiger partial charge in [-0.1, -0.05) is 41.4 Å². The van der Waals surface area contributed by atoms with Crippen LogP contribution in [-0.2, 0) is 19.6 Å². The van der Waals surface area contributed by atoms with Gasteiger partial charge in [-0.2, -0.15) is 5.26 Å². The van der Waals surface area contributed by atoms with E-state index in [2.05, 4.69) is 16.3 Å². The second-order valence-corrected chi connectivity index (χ2v) is 9.78. The number of amides is 1. The van der Waals surface area contributed by atoms with Crippen LogP contribution in [0.1, 0.15) is 33.1 Å². The fraction of sp³-hybridized carbons (Fsp3) is 0.103. The van der Waals surface area contributed by atoms with Gasteiger partial charge in [-0.25, -0.2) is 8.78 Å². The molecule has 0 spiro atoms. The normalized spacial score (nSPS) is 10.9. The van der Waals surface area contributed by atoms with E-state index in [-0.39, 0.29) is 24.4 Å². The number of aromatic nitrogens is 3. The first-order valence-electron chi connectivity index (χ1n) is 11.9. The zero-order valence-corrected chi connectivity index (χ0v) is 22.2. The number of carbonyl (C=O) groups excluding carboxylic acids is 1. The first-order chi connectivity index (χ1) is 19.3. The van der Waals surface area contributed by atoms with Crippen molar-refractivity contribution in [1.82, 2.24) is 19.7 Å². The number of halogens is 4. The Balaban J connectivity index is 1.44. The van der Waals surface area contributed by atoms with Crippen LogP contribution in [0.3, 0.4) is 0 Å². The van der Waals surface area contributed by atoms with E-state index >= 15 is 0 Å². The maximum absolute atomic E-state index is 14.6. The quantitative estimate of drug-likeness (QED) is 0.200. The van der Waals surface area contributed by atoms with Crippen LogP contribution in [0.15, 0.2) is 83.5 Å². The van der Waals surface area contributed by atoms with Gasteiger partial charge in [0.15, 0.2) is 11.6 Å². The van der Waals surface area contributed by atoms with Gasteiger partial charge in [0.2, 0.25) is 0 Å². The van der Waals surface area contributed by atoms with Crippen LogP contribution < -0.4 is 0 Å². The van der Waals surface area contributed by atoms with E-state index in [9.17, 15) is 13.6 Å². The molecule has 0 radical (unpaired) electrons. The maximum Gasteiger partial charge on any atom is 0.290 e. The van der Waals surface area contributed by atoms with Crippen molar-refractivity contribution in [3.05, 3.63) is 129 Å². The predicted octanol–water partition coefficient (Wildman–Crippen LogP) is 6.89.